The van der Waals surface area contributed by atoms with Gasteiger partial charge in [0.05, 0.1) is 18.7 Å². The highest BCUT2D eigenvalue weighted by molar-refractivity contribution is 5.92. The van der Waals surface area contributed by atoms with E-state index in [9.17, 15) is 9.59 Å². The fourth-order valence-corrected chi connectivity index (χ4v) is 4.14. The van der Waals surface area contributed by atoms with Gasteiger partial charge in [0.2, 0.25) is 5.91 Å². The van der Waals surface area contributed by atoms with Gasteiger partial charge in [0.25, 0.3) is 0 Å². The van der Waals surface area contributed by atoms with Crippen molar-refractivity contribution in [1.29, 1.82) is 0 Å². The molecule has 1 aliphatic carbocycles. The molecule has 0 radical (unpaired) electrons. The second-order valence-corrected chi connectivity index (χ2v) is 7.90. The average molecular weight is 357 g/mol. The number of urea groups is 1. The van der Waals surface area contributed by atoms with Gasteiger partial charge in [-0.1, -0.05) is 6.07 Å². The topological polar surface area (TPSA) is 61.9 Å². The number of amides is 3. The van der Waals surface area contributed by atoms with Crippen LogP contribution in [0, 0.1) is 18.8 Å². The lowest BCUT2D eigenvalue weighted by Crippen LogP contribution is -2.49. The Morgan fingerprint density at radius 1 is 1.23 bits per heavy atom. The van der Waals surface area contributed by atoms with E-state index in [-0.39, 0.29) is 23.9 Å². The van der Waals surface area contributed by atoms with Crippen LogP contribution in [0.1, 0.15) is 31.2 Å². The SMILES string of the molecule is COc1ccc(C)cc1NC(=O)N1C[C@H]2CC[C@@H](C1)N(CC1CC1)C2=O. The van der Waals surface area contributed by atoms with E-state index in [4.69, 9.17) is 4.74 Å². The molecule has 2 bridgehead atoms. The minimum absolute atomic E-state index is 0.0577. The number of benzene rings is 1. The molecule has 1 saturated carbocycles. The van der Waals surface area contributed by atoms with Gasteiger partial charge in [-0.05, 0) is 56.2 Å². The second kappa shape index (κ2) is 6.82. The van der Waals surface area contributed by atoms with Crippen molar-refractivity contribution < 1.29 is 14.3 Å². The summed E-state index contributed by atoms with van der Waals surface area (Å²) in [7, 11) is 1.60. The van der Waals surface area contributed by atoms with Crippen LogP contribution in [0.25, 0.3) is 0 Å². The number of aryl methyl sites for hydroxylation is 1. The Kier molecular flexibility index (Phi) is 4.51. The van der Waals surface area contributed by atoms with Crippen LogP contribution in [0.2, 0.25) is 0 Å². The minimum atomic E-state index is -0.146. The monoisotopic (exact) mass is 357 g/mol. The highest BCUT2D eigenvalue weighted by Gasteiger charge is 2.43. The predicted octanol–water partition coefficient (Wildman–Crippen LogP) is 2.87. The van der Waals surface area contributed by atoms with Gasteiger partial charge in [0.1, 0.15) is 5.75 Å². The van der Waals surface area contributed by atoms with Crippen LogP contribution in [0.4, 0.5) is 10.5 Å². The number of nitrogens with one attached hydrogen (secondary N) is 1. The maximum absolute atomic E-state index is 12.9. The Morgan fingerprint density at radius 2 is 2.04 bits per heavy atom. The summed E-state index contributed by atoms with van der Waals surface area (Å²) >= 11 is 0. The number of nitrogens with zero attached hydrogens (tertiary/aromatic N) is 2. The van der Waals surface area contributed by atoms with Gasteiger partial charge in [-0.2, -0.15) is 0 Å². The Balaban J connectivity index is 1.49. The van der Waals surface area contributed by atoms with Crippen LogP contribution in [0.5, 0.6) is 5.75 Å². The third-order valence-electron chi connectivity index (χ3n) is 5.83. The first kappa shape index (κ1) is 17.2. The Morgan fingerprint density at radius 3 is 2.77 bits per heavy atom. The lowest BCUT2D eigenvalue weighted by molar-refractivity contribution is -0.140. The van der Waals surface area contributed by atoms with E-state index in [2.05, 4.69) is 10.2 Å². The maximum atomic E-state index is 12.9. The number of fused-ring (bicyclic) bond motifs is 4. The molecule has 1 aromatic carbocycles. The lowest BCUT2D eigenvalue weighted by Gasteiger charge is -2.36. The summed E-state index contributed by atoms with van der Waals surface area (Å²) in [6, 6.07) is 5.74. The van der Waals surface area contributed by atoms with E-state index >= 15 is 0 Å². The fourth-order valence-electron chi connectivity index (χ4n) is 4.14. The Labute approximate surface area is 154 Å². The molecule has 4 fully saturated rings. The largest absolute Gasteiger partial charge is 0.495 e. The summed E-state index contributed by atoms with van der Waals surface area (Å²) in [6.07, 6.45) is 4.36. The molecule has 26 heavy (non-hydrogen) atoms. The molecule has 4 aliphatic rings. The molecule has 3 aliphatic heterocycles. The van der Waals surface area contributed by atoms with Crippen LogP contribution in [-0.4, -0.2) is 54.5 Å². The van der Waals surface area contributed by atoms with Gasteiger partial charge in [-0.3, -0.25) is 4.79 Å². The molecule has 3 amide bonds. The minimum Gasteiger partial charge on any atom is -0.495 e. The number of carbonyl (C=O) groups is 2. The highest BCUT2D eigenvalue weighted by Crippen LogP contribution is 2.36. The zero-order valence-electron chi connectivity index (χ0n) is 15.5. The summed E-state index contributed by atoms with van der Waals surface area (Å²) in [5.41, 5.74) is 1.73. The van der Waals surface area contributed by atoms with Crippen molar-refractivity contribution in [2.45, 2.75) is 38.6 Å². The van der Waals surface area contributed by atoms with E-state index in [0.29, 0.717) is 30.4 Å². The molecule has 5 rings (SSSR count). The van der Waals surface area contributed by atoms with Crippen molar-refractivity contribution in [3.8, 4) is 5.75 Å². The number of rotatable bonds is 4. The molecule has 140 valence electrons. The molecular weight excluding hydrogens is 330 g/mol. The van der Waals surface area contributed by atoms with E-state index in [1.807, 2.05) is 30.0 Å². The van der Waals surface area contributed by atoms with E-state index in [1.54, 1.807) is 7.11 Å². The predicted molar refractivity (Wildman–Crippen MR) is 99.3 cm³/mol. The summed E-state index contributed by atoms with van der Waals surface area (Å²) in [5.74, 6) is 1.51. The molecule has 3 heterocycles. The first-order valence-corrected chi connectivity index (χ1v) is 9.56. The van der Waals surface area contributed by atoms with Crippen LogP contribution in [-0.2, 0) is 4.79 Å². The van der Waals surface area contributed by atoms with Crippen LogP contribution < -0.4 is 10.1 Å². The molecule has 2 atom stereocenters. The van der Waals surface area contributed by atoms with Crippen LogP contribution in [0.15, 0.2) is 18.2 Å². The van der Waals surface area contributed by atoms with Gasteiger partial charge in [-0.15, -0.1) is 0 Å². The number of hydrogen-bond acceptors (Lipinski definition) is 3. The van der Waals surface area contributed by atoms with Crippen molar-refractivity contribution in [3.05, 3.63) is 23.8 Å². The number of anilines is 1. The highest BCUT2D eigenvalue weighted by atomic mass is 16.5. The first-order chi connectivity index (χ1) is 12.5. The van der Waals surface area contributed by atoms with Gasteiger partial charge in [0, 0.05) is 25.7 Å². The van der Waals surface area contributed by atoms with E-state index < -0.39 is 0 Å². The Bertz CT molecular complexity index is 716. The lowest BCUT2D eigenvalue weighted by atomic mass is 9.94. The smallest absolute Gasteiger partial charge is 0.322 e. The van der Waals surface area contributed by atoms with Crippen molar-refractivity contribution in [2.24, 2.45) is 11.8 Å². The van der Waals surface area contributed by atoms with E-state index in [0.717, 1.165) is 24.9 Å². The van der Waals surface area contributed by atoms with Gasteiger partial charge >= 0.3 is 6.03 Å². The summed E-state index contributed by atoms with van der Waals surface area (Å²) in [5, 5.41) is 2.98. The standard InChI is InChI=1S/C20H27N3O3/c1-13-3-8-18(26-2)17(9-13)21-20(25)22-11-15-6-7-16(12-22)23(19(15)24)10-14-4-5-14/h3,8-9,14-16H,4-7,10-12H2,1-2H3,(H,21,25)/t15-,16+/m1/s1. The number of hydrogen-bond donors (Lipinski definition) is 1. The van der Waals surface area contributed by atoms with Crippen molar-refractivity contribution in [1.82, 2.24) is 9.80 Å². The summed E-state index contributed by atoms with van der Waals surface area (Å²) in [6.45, 7) is 3.99. The molecule has 0 aromatic heterocycles. The zero-order valence-corrected chi connectivity index (χ0v) is 15.5. The second-order valence-electron chi connectivity index (χ2n) is 7.90. The molecule has 0 spiro atoms. The van der Waals surface area contributed by atoms with Gasteiger partial charge in [-0.25, -0.2) is 4.79 Å². The summed E-state index contributed by atoms with van der Waals surface area (Å²) < 4.78 is 5.36. The average Bonchev–Trinajstić information content (AvgIpc) is 3.45. The molecule has 6 heteroatoms. The Hall–Kier alpha value is -2.24. The molecule has 1 N–H and O–H groups in total. The molecular formula is C20H27N3O3. The normalized spacial score (nSPS) is 25.2. The van der Waals surface area contributed by atoms with Crippen molar-refractivity contribution in [3.63, 3.8) is 0 Å². The van der Waals surface area contributed by atoms with Crippen molar-refractivity contribution >= 4 is 17.6 Å². The number of carbonyl (C=O) groups excluding carboxylic acids is 2. The van der Waals surface area contributed by atoms with Gasteiger partial charge < -0.3 is 19.9 Å². The van der Waals surface area contributed by atoms with Crippen molar-refractivity contribution in [2.75, 3.05) is 32.1 Å². The quantitative estimate of drug-likeness (QED) is 0.901. The third-order valence-corrected chi connectivity index (χ3v) is 5.83. The molecule has 0 unspecified atom stereocenters. The molecule has 3 saturated heterocycles. The third kappa shape index (κ3) is 3.37. The first-order valence-electron chi connectivity index (χ1n) is 9.56. The van der Waals surface area contributed by atoms with E-state index in [1.165, 1.54) is 12.8 Å². The number of methoxy groups -OCH3 is 1. The fraction of sp³-hybridized carbons (Fsp3) is 0.600. The molecule has 6 nitrogen and oxygen atoms in total. The number of piperidine rings is 1. The van der Waals surface area contributed by atoms with Crippen LogP contribution >= 0.6 is 0 Å². The van der Waals surface area contributed by atoms with Crippen LogP contribution in [0.3, 0.4) is 0 Å². The zero-order chi connectivity index (χ0) is 18.3. The molecule has 1 aromatic rings. The number of ether oxygens (including phenoxy) is 1. The van der Waals surface area contributed by atoms with Gasteiger partial charge in [0.15, 0.2) is 0 Å². The maximum Gasteiger partial charge on any atom is 0.322 e. The summed E-state index contributed by atoms with van der Waals surface area (Å²) in [4.78, 5) is 29.6.